The minimum atomic E-state index is -0.465. The van der Waals surface area contributed by atoms with E-state index in [0.29, 0.717) is 25.9 Å². The van der Waals surface area contributed by atoms with Crippen molar-refractivity contribution in [1.82, 2.24) is 21.3 Å². The number of rotatable bonds is 24. The Labute approximate surface area is 196 Å². The van der Waals surface area contributed by atoms with Crippen LogP contribution in [0.2, 0.25) is 0 Å². The third-order valence-electron chi connectivity index (χ3n) is 5.50. The Kier molecular flexibility index (Phi) is 23.5. The second kappa shape index (κ2) is 24.4. The molecule has 2 amide bonds. The average Bonchev–Trinajstić information content (AvgIpc) is 2.79. The number of hydrogen-bond donors (Lipinski definition) is 6. The molecule has 1 unspecified atom stereocenters. The molecule has 190 valence electrons. The number of carbonyl (C=O) groups excluding carboxylic acids is 2. The quantitative estimate of drug-likeness (QED) is 0.120. The molecule has 8 nitrogen and oxygen atoms in total. The molecular weight excluding hydrogens is 404 g/mol. The Balaban J connectivity index is 3.41. The predicted molar refractivity (Wildman–Crippen MR) is 133 cm³/mol. The molecule has 0 aliphatic rings. The van der Waals surface area contributed by atoms with Crippen molar-refractivity contribution < 1.29 is 15.3 Å². The van der Waals surface area contributed by atoms with Gasteiger partial charge in [-0.15, -0.1) is 0 Å². The zero-order chi connectivity index (χ0) is 23.7. The first-order valence-electron chi connectivity index (χ1n) is 13.1. The third kappa shape index (κ3) is 22.0. The molecule has 0 bridgehead atoms. The number of carbonyl (C=O) groups is 2. The van der Waals surface area contributed by atoms with Gasteiger partial charge in [-0.1, -0.05) is 32.6 Å². The lowest BCUT2D eigenvalue weighted by atomic mass is 10.1. The van der Waals surface area contributed by atoms with E-state index in [1.54, 1.807) is 0 Å². The first-order chi connectivity index (χ1) is 15.6. The first kappa shape index (κ1) is 30.8. The highest BCUT2D eigenvalue weighted by Crippen LogP contribution is 2.05. The number of nitrogens with two attached hydrogens (primary N) is 1. The van der Waals surface area contributed by atoms with Gasteiger partial charge in [-0.25, -0.2) is 0 Å². The summed E-state index contributed by atoms with van der Waals surface area (Å²) >= 11 is 0. The third-order valence-corrected chi connectivity index (χ3v) is 5.50. The molecule has 0 aliphatic heterocycles. The van der Waals surface area contributed by atoms with Crippen molar-refractivity contribution in [3.63, 3.8) is 0 Å². The van der Waals surface area contributed by atoms with Gasteiger partial charge in [-0.05, 0) is 64.6 Å². The van der Waals surface area contributed by atoms with Crippen molar-refractivity contribution >= 4 is 11.8 Å². The van der Waals surface area contributed by atoms with Gasteiger partial charge < -0.3 is 32.7 Å². The van der Waals surface area contributed by atoms with E-state index in [2.05, 4.69) is 33.9 Å². The number of quaternary nitrogens is 1. The summed E-state index contributed by atoms with van der Waals surface area (Å²) in [5, 5.41) is 12.7. The summed E-state index contributed by atoms with van der Waals surface area (Å²) in [6.45, 7) is 8.56. The molecule has 0 aromatic rings. The van der Waals surface area contributed by atoms with E-state index in [9.17, 15) is 9.59 Å². The normalized spacial score (nSPS) is 12.0. The van der Waals surface area contributed by atoms with Crippen molar-refractivity contribution in [1.29, 1.82) is 0 Å². The average molecular weight is 458 g/mol. The molecular formula is C24H53N6O2+. The molecule has 0 fully saturated rings. The second-order valence-corrected chi connectivity index (χ2v) is 8.68. The maximum Gasteiger partial charge on any atom is 0.236 e. The molecule has 8 heteroatoms. The van der Waals surface area contributed by atoms with Gasteiger partial charge >= 0.3 is 0 Å². The molecule has 0 aromatic heterocycles. The summed E-state index contributed by atoms with van der Waals surface area (Å²) in [6, 6.07) is -0.465. The Morgan fingerprint density at radius 2 is 1.31 bits per heavy atom. The van der Waals surface area contributed by atoms with E-state index in [4.69, 9.17) is 5.73 Å². The van der Waals surface area contributed by atoms with Gasteiger partial charge in [-0.3, -0.25) is 9.59 Å². The van der Waals surface area contributed by atoms with Crippen LogP contribution in [0.15, 0.2) is 0 Å². The van der Waals surface area contributed by atoms with E-state index in [1.165, 1.54) is 25.7 Å². The maximum atomic E-state index is 12.1. The van der Waals surface area contributed by atoms with Crippen LogP contribution in [0.1, 0.15) is 90.4 Å². The molecule has 0 aliphatic carbocycles. The summed E-state index contributed by atoms with van der Waals surface area (Å²) in [4.78, 5) is 23.8. The number of hydrogen-bond acceptors (Lipinski definition) is 5. The van der Waals surface area contributed by atoms with Gasteiger partial charge in [-0.2, -0.15) is 0 Å². The fraction of sp³-hybridized carbons (Fsp3) is 0.917. The summed E-state index contributed by atoms with van der Waals surface area (Å²) in [6.07, 6.45) is 13.2. The van der Waals surface area contributed by atoms with Gasteiger partial charge in [0.05, 0.1) is 12.6 Å². The Bertz CT molecular complexity index is 437. The Morgan fingerprint density at radius 1 is 0.719 bits per heavy atom. The van der Waals surface area contributed by atoms with Crippen molar-refractivity contribution in [3.8, 4) is 0 Å². The topological polar surface area (TPSA) is 136 Å². The van der Waals surface area contributed by atoms with E-state index < -0.39 is 6.04 Å². The van der Waals surface area contributed by atoms with Crippen LogP contribution in [0.5, 0.6) is 0 Å². The molecule has 0 radical (unpaired) electrons. The first-order valence-corrected chi connectivity index (χ1v) is 13.1. The second-order valence-electron chi connectivity index (χ2n) is 8.68. The monoisotopic (exact) mass is 457 g/mol. The van der Waals surface area contributed by atoms with Crippen LogP contribution in [0.25, 0.3) is 0 Å². The van der Waals surface area contributed by atoms with E-state index in [-0.39, 0.29) is 11.8 Å². The smallest absolute Gasteiger partial charge is 0.236 e. The minimum absolute atomic E-state index is 0.0746. The highest BCUT2D eigenvalue weighted by molar-refractivity contribution is 5.81. The van der Waals surface area contributed by atoms with Crippen LogP contribution in [0.3, 0.4) is 0 Å². The molecule has 0 heterocycles. The van der Waals surface area contributed by atoms with Crippen molar-refractivity contribution in [2.24, 2.45) is 5.73 Å². The van der Waals surface area contributed by atoms with Crippen LogP contribution in [-0.2, 0) is 9.59 Å². The number of amides is 2. The van der Waals surface area contributed by atoms with E-state index >= 15 is 0 Å². The lowest BCUT2D eigenvalue weighted by Gasteiger charge is -2.12. The fourth-order valence-corrected chi connectivity index (χ4v) is 3.38. The molecule has 0 aromatic carbocycles. The molecule has 0 saturated carbocycles. The van der Waals surface area contributed by atoms with Crippen LogP contribution in [0.4, 0.5) is 0 Å². The molecule has 0 rings (SSSR count). The molecule has 32 heavy (non-hydrogen) atoms. The van der Waals surface area contributed by atoms with Crippen LogP contribution in [-0.4, -0.2) is 63.7 Å². The van der Waals surface area contributed by atoms with Gasteiger partial charge in [0, 0.05) is 32.5 Å². The zero-order valence-electron chi connectivity index (χ0n) is 20.8. The Hall–Kier alpha value is -1.22. The standard InChI is InChI=1S/C24H52N6O2/c1-2-3-4-5-6-14-23(31)29-20-8-7-13-22(26)24(32)30-21-12-19-28-17-10-9-16-27-18-11-15-25/h22,27-28H,2-21,25-26H2,1H3,(H,29,31)(H,30,32)/p+1. The molecule has 1 atom stereocenters. The maximum absolute atomic E-state index is 12.1. The molecule has 0 saturated heterocycles. The molecule has 9 N–H and O–H groups in total. The lowest BCUT2D eigenvalue weighted by molar-refractivity contribution is -0.367. The predicted octanol–water partition coefficient (Wildman–Crippen LogP) is 1.06. The zero-order valence-corrected chi connectivity index (χ0v) is 20.8. The largest absolute Gasteiger partial charge is 0.358 e. The summed E-state index contributed by atoms with van der Waals surface area (Å²) in [7, 11) is 0. The fourth-order valence-electron chi connectivity index (χ4n) is 3.38. The van der Waals surface area contributed by atoms with Gasteiger partial charge in [0.15, 0.2) is 0 Å². The van der Waals surface area contributed by atoms with Gasteiger partial charge in [0.1, 0.15) is 0 Å². The van der Waals surface area contributed by atoms with E-state index in [0.717, 1.165) is 77.7 Å². The highest BCUT2D eigenvalue weighted by Gasteiger charge is 2.12. The van der Waals surface area contributed by atoms with Crippen molar-refractivity contribution in [2.45, 2.75) is 96.4 Å². The van der Waals surface area contributed by atoms with Crippen LogP contribution < -0.4 is 32.7 Å². The SMILES string of the molecule is CCCCCCCC(=O)NCCCCC(N)C(=O)NCCCNCCCCNCCC[NH3+]. The summed E-state index contributed by atoms with van der Waals surface area (Å²) in [5.74, 6) is 0.0630. The van der Waals surface area contributed by atoms with Gasteiger partial charge in [0.25, 0.3) is 0 Å². The minimum Gasteiger partial charge on any atom is -0.358 e. The van der Waals surface area contributed by atoms with E-state index in [1.807, 2.05) is 0 Å². The summed E-state index contributed by atoms with van der Waals surface area (Å²) < 4.78 is 0. The van der Waals surface area contributed by atoms with Crippen molar-refractivity contribution in [2.75, 3.05) is 45.8 Å². The van der Waals surface area contributed by atoms with Gasteiger partial charge in [0.2, 0.25) is 11.8 Å². The number of unbranched alkanes of at least 4 members (excludes halogenated alkanes) is 6. The lowest BCUT2D eigenvalue weighted by Crippen LogP contribution is -2.51. The Morgan fingerprint density at radius 3 is 2.00 bits per heavy atom. The summed E-state index contributed by atoms with van der Waals surface area (Å²) in [5.41, 5.74) is 9.81. The highest BCUT2D eigenvalue weighted by atomic mass is 16.2. The number of nitrogens with one attached hydrogen (secondary N) is 4. The molecule has 0 spiro atoms. The van der Waals surface area contributed by atoms with Crippen LogP contribution in [0, 0.1) is 0 Å². The van der Waals surface area contributed by atoms with Crippen molar-refractivity contribution in [3.05, 3.63) is 0 Å². The van der Waals surface area contributed by atoms with Crippen LogP contribution >= 0.6 is 0 Å².